The zero-order valence-electron chi connectivity index (χ0n) is 10.8. The Kier molecular flexibility index (Phi) is 7.06. The average Bonchev–Trinajstić information content (AvgIpc) is 2.76. The molecule has 0 aliphatic rings. The van der Waals surface area contributed by atoms with Crippen LogP contribution in [0.1, 0.15) is 31.9 Å². The zero-order valence-corrected chi connectivity index (χ0v) is 11.7. The summed E-state index contributed by atoms with van der Waals surface area (Å²) >= 11 is 1.34. The third kappa shape index (κ3) is 6.88. The number of aromatic nitrogens is 1. The number of rotatable bonds is 9. The predicted octanol–water partition coefficient (Wildman–Crippen LogP) is 1.92. The first-order valence-corrected chi connectivity index (χ1v) is 7.03. The van der Waals surface area contributed by atoms with Gasteiger partial charge in [0.15, 0.2) is 5.13 Å². The van der Waals surface area contributed by atoms with E-state index in [9.17, 15) is 9.59 Å². The fraction of sp³-hybridized carbons (Fsp3) is 0.583. The summed E-state index contributed by atoms with van der Waals surface area (Å²) in [6.45, 7) is 2.87. The Morgan fingerprint density at radius 2 is 2.26 bits per heavy atom. The van der Waals surface area contributed by atoms with Gasteiger partial charge in [0, 0.05) is 18.4 Å². The number of anilines is 1. The summed E-state index contributed by atoms with van der Waals surface area (Å²) in [5.74, 6) is -0.931. The van der Waals surface area contributed by atoms with Crippen LogP contribution in [0.2, 0.25) is 0 Å². The van der Waals surface area contributed by atoms with Gasteiger partial charge in [-0.1, -0.05) is 0 Å². The molecule has 0 spiro atoms. The molecule has 0 bridgehead atoms. The van der Waals surface area contributed by atoms with Crippen LogP contribution in [-0.4, -0.2) is 35.2 Å². The monoisotopic (exact) mass is 286 g/mol. The number of carbonyl (C=O) groups excluding carboxylic acids is 1. The Bertz CT molecular complexity index is 420. The average molecular weight is 286 g/mol. The van der Waals surface area contributed by atoms with Gasteiger partial charge in [-0.15, -0.1) is 11.3 Å². The first-order valence-electron chi connectivity index (χ1n) is 6.15. The maximum absolute atomic E-state index is 11.5. The van der Waals surface area contributed by atoms with Gasteiger partial charge >= 0.3 is 5.97 Å². The van der Waals surface area contributed by atoms with E-state index < -0.39 is 5.97 Å². The highest BCUT2D eigenvalue weighted by Gasteiger charge is 2.07. The van der Waals surface area contributed by atoms with Gasteiger partial charge in [0.05, 0.1) is 18.7 Å². The largest absolute Gasteiger partial charge is 0.481 e. The molecule has 1 heterocycles. The van der Waals surface area contributed by atoms with E-state index in [0.717, 1.165) is 5.69 Å². The number of amides is 1. The van der Waals surface area contributed by atoms with Gasteiger partial charge in [0.25, 0.3) is 0 Å². The third-order valence-corrected chi connectivity index (χ3v) is 3.11. The summed E-state index contributed by atoms with van der Waals surface area (Å²) in [6, 6.07) is 0. The molecule has 0 atom stereocenters. The van der Waals surface area contributed by atoms with Crippen molar-refractivity contribution < 1.29 is 19.4 Å². The van der Waals surface area contributed by atoms with E-state index in [0.29, 0.717) is 37.6 Å². The van der Waals surface area contributed by atoms with Gasteiger partial charge in [0.1, 0.15) is 0 Å². The summed E-state index contributed by atoms with van der Waals surface area (Å²) in [5.41, 5.74) is 0.811. The fourth-order valence-electron chi connectivity index (χ4n) is 1.39. The van der Waals surface area contributed by atoms with Crippen molar-refractivity contribution in [1.29, 1.82) is 0 Å². The normalized spacial score (nSPS) is 10.4. The number of nitrogens with one attached hydrogen (secondary N) is 1. The Labute approximate surface area is 115 Å². The molecule has 106 valence electrons. The quantitative estimate of drug-likeness (QED) is 0.677. The molecule has 1 aromatic rings. The smallest absolute Gasteiger partial charge is 0.303 e. The van der Waals surface area contributed by atoms with Crippen molar-refractivity contribution >= 4 is 28.3 Å². The standard InChI is InChI=1S/C12H18N2O4S/c1-2-18-7-6-10(15)14-12-13-9(8-19-12)4-3-5-11(16)17/h8H,2-7H2,1H3,(H,16,17)(H,13,14,15). The third-order valence-electron chi connectivity index (χ3n) is 2.30. The van der Waals surface area contributed by atoms with Gasteiger partial charge in [-0.2, -0.15) is 0 Å². The highest BCUT2D eigenvalue weighted by molar-refractivity contribution is 7.13. The molecule has 2 N–H and O–H groups in total. The van der Waals surface area contributed by atoms with Crippen LogP contribution < -0.4 is 5.32 Å². The van der Waals surface area contributed by atoms with Gasteiger partial charge in [-0.3, -0.25) is 9.59 Å². The Morgan fingerprint density at radius 3 is 2.95 bits per heavy atom. The number of nitrogens with zero attached hydrogens (tertiary/aromatic N) is 1. The van der Waals surface area contributed by atoms with Crippen molar-refractivity contribution in [2.24, 2.45) is 0 Å². The Balaban J connectivity index is 2.29. The summed E-state index contributed by atoms with van der Waals surface area (Å²) < 4.78 is 5.09. The Morgan fingerprint density at radius 1 is 1.47 bits per heavy atom. The highest BCUT2D eigenvalue weighted by Crippen LogP contribution is 2.17. The maximum atomic E-state index is 11.5. The summed E-state index contributed by atoms with van der Waals surface area (Å²) in [5, 5.41) is 13.6. The number of hydrogen-bond acceptors (Lipinski definition) is 5. The molecule has 0 saturated carbocycles. The van der Waals surface area contributed by atoms with Crippen molar-refractivity contribution in [2.45, 2.75) is 32.6 Å². The number of carboxylic acids is 1. The molecular formula is C12H18N2O4S. The number of thiazole rings is 1. The van der Waals surface area contributed by atoms with Crippen LogP contribution in [0.3, 0.4) is 0 Å². The highest BCUT2D eigenvalue weighted by atomic mass is 32.1. The van der Waals surface area contributed by atoms with Gasteiger partial charge in [-0.25, -0.2) is 4.98 Å². The fourth-order valence-corrected chi connectivity index (χ4v) is 2.15. The van der Waals surface area contributed by atoms with E-state index in [1.165, 1.54) is 11.3 Å². The SMILES string of the molecule is CCOCCC(=O)Nc1nc(CCCC(=O)O)cs1. The molecule has 0 aliphatic heterocycles. The van der Waals surface area contributed by atoms with E-state index in [1.54, 1.807) is 0 Å². The minimum atomic E-state index is -0.806. The molecule has 1 amide bonds. The van der Waals surface area contributed by atoms with Gasteiger partial charge in [-0.05, 0) is 19.8 Å². The first kappa shape index (κ1) is 15.6. The lowest BCUT2D eigenvalue weighted by atomic mass is 10.2. The molecule has 1 aromatic heterocycles. The molecule has 6 nitrogen and oxygen atoms in total. The molecular weight excluding hydrogens is 268 g/mol. The minimum absolute atomic E-state index is 0.125. The second kappa shape index (κ2) is 8.60. The molecule has 1 rings (SSSR count). The molecule has 19 heavy (non-hydrogen) atoms. The van der Waals surface area contributed by atoms with Crippen LogP contribution in [0.15, 0.2) is 5.38 Å². The van der Waals surface area contributed by atoms with E-state index >= 15 is 0 Å². The topological polar surface area (TPSA) is 88.5 Å². The molecule has 0 unspecified atom stereocenters. The number of aliphatic carboxylic acids is 1. The van der Waals surface area contributed by atoms with Gasteiger partial charge < -0.3 is 15.2 Å². The molecule has 0 saturated heterocycles. The van der Waals surface area contributed by atoms with Crippen LogP contribution in [0, 0.1) is 0 Å². The van der Waals surface area contributed by atoms with Crippen LogP contribution in [-0.2, 0) is 20.7 Å². The zero-order chi connectivity index (χ0) is 14.1. The summed E-state index contributed by atoms with van der Waals surface area (Å²) in [4.78, 5) is 26.1. The molecule has 0 radical (unpaired) electrons. The molecule has 0 aromatic carbocycles. The van der Waals surface area contributed by atoms with Crippen LogP contribution in [0.5, 0.6) is 0 Å². The molecule has 0 aliphatic carbocycles. The number of ether oxygens (including phenoxy) is 1. The van der Waals surface area contributed by atoms with Crippen LogP contribution in [0.4, 0.5) is 5.13 Å². The van der Waals surface area contributed by atoms with Crippen molar-refractivity contribution in [1.82, 2.24) is 4.98 Å². The van der Waals surface area contributed by atoms with E-state index in [-0.39, 0.29) is 12.3 Å². The minimum Gasteiger partial charge on any atom is -0.481 e. The maximum Gasteiger partial charge on any atom is 0.303 e. The Hall–Kier alpha value is -1.47. The second-order valence-corrected chi connectivity index (χ2v) is 4.74. The summed E-state index contributed by atoms with van der Waals surface area (Å²) in [7, 11) is 0. The second-order valence-electron chi connectivity index (χ2n) is 3.89. The van der Waals surface area contributed by atoms with Crippen LogP contribution in [0.25, 0.3) is 0 Å². The van der Waals surface area contributed by atoms with Crippen molar-refractivity contribution in [3.05, 3.63) is 11.1 Å². The summed E-state index contributed by atoms with van der Waals surface area (Å²) in [6.07, 6.45) is 1.60. The predicted molar refractivity (Wildman–Crippen MR) is 72.4 cm³/mol. The lowest BCUT2D eigenvalue weighted by molar-refractivity contribution is -0.137. The van der Waals surface area contributed by atoms with Crippen molar-refractivity contribution in [2.75, 3.05) is 18.5 Å². The lowest BCUT2D eigenvalue weighted by Crippen LogP contribution is -2.14. The van der Waals surface area contributed by atoms with E-state index in [2.05, 4.69) is 10.3 Å². The van der Waals surface area contributed by atoms with Crippen molar-refractivity contribution in [3.63, 3.8) is 0 Å². The number of hydrogen-bond donors (Lipinski definition) is 2. The van der Waals surface area contributed by atoms with Gasteiger partial charge in [0.2, 0.25) is 5.91 Å². The molecule has 0 fully saturated rings. The number of carbonyl (C=O) groups is 2. The number of carboxylic acid groups (broad SMARTS) is 1. The first-order chi connectivity index (χ1) is 9.11. The lowest BCUT2D eigenvalue weighted by Gasteiger charge is -2.01. The van der Waals surface area contributed by atoms with Crippen molar-refractivity contribution in [3.8, 4) is 0 Å². The van der Waals surface area contributed by atoms with E-state index in [4.69, 9.17) is 9.84 Å². The number of aryl methyl sites for hydroxylation is 1. The molecule has 7 heteroatoms. The van der Waals surface area contributed by atoms with E-state index in [1.807, 2.05) is 12.3 Å². The van der Waals surface area contributed by atoms with Crippen LogP contribution >= 0.6 is 11.3 Å².